The highest BCUT2D eigenvalue weighted by Gasteiger charge is 2.14. The predicted octanol–water partition coefficient (Wildman–Crippen LogP) is 2.54. The molecular formula is C14H18N2O. The van der Waals surface area contributed by atoms with Gasteiger partial charge in [0.1, 0.15) is 0 Å². The van der Waals surface area contributed by atoms with E-state index in [0.29, 0.717) is 6.54 Å². The predicted molar refractivity (Wildman–Crippen MR) is 67.8 cm³/mol. The second-order valence-electron chi connectivity index (χ2n) is 4.56. The van der Waals surface area contributed by atoms with Gasteiger partial charge in [-0.1, -0.05) is 17.7 Å². The van der Waals surface area contributed by atoms with E-state index in [2.05, 4.69) is 24.2 Å². The quantitative estimate of drug-likeness (QED) is 0.880. The summed E-state index contributed by atoms with van der Waals surface area (Å²) in [7, 11) is 0. The van der Waals surface area contributed by atoms with Gasteiger partial charge in [0, 0.05) is 12.4 Å². The van der Waals surface area contributed by atoms with E-state index in [1.54, 1.807) is 10.9 Å². The van der Waals surface area contributed by atoms with Gasteiger partial charge < -0.3 is 5.11 Å². The number of aryl methyl sites for hydroxylation is 3. The zero-order valence-electron chi connectivity index (χ0n) is 10.5. The van der Waals surface area contributed by atoms with E-state index in [1.165, 1.54) is 5.56 Å². The summed E-state index contributed by atoms with van der Waals surface area (Å²) in [6, 6.07) is 6.07. The molecule has 0 spiro atoms. The summed E-state index contributed by atoms with van der Waals surface area (Å²) in [5.41, 5.74) is 4.53. The largest absolute Gasteiger partial charge is 0.386 e. The number of aliphatic hydroxyl groups excluding tert-OH is 1. The van der Waals surface area contributed by atoms with Crippen LogP contribution in [0.3, 0.4) is 0 Å². The van der Waals surface area contributed by atoms with Crippen molar-refractivity contribution in [2.45, 2.75) is 33.4 Å². The minimum Gasteiger partial charge on any atom is -0.386 e. The van der Waals surface area contributed by atoms with Crippen LogP contribution in [0.25, 0.3) is 0 Å². The molecule has 0 saturated carbocycles. The first-order valence-electron chi connectivity index (χ1n) is 5.81. The second kappa shape index (κ2) is 4.72. The molecule has 0 aliphatic heterocycles. The maximum absolute atomic E-state index is 10.3. The molecule has 0 bridgehead atoms. The summed E-state index contributed by atoms with van der Waals surface area (Å²) in [6.45, 7) is 6.66. The molecule has 1 heterocycles. The summed E-state index contributed by atoms with van der Waals surface area (Å²) in [6.07, 6.45) is 3.08. The third-order valence-corrected chi connectivity index (χ3v) is 2.99. The number of rotatable bonds is 3. The van der Waals surface area contributed by atoms with E-state index in [1.807, 2.05) is 26.1 Å². The molecule has 17 heavy (non-hydrogen) atoms. The van der Waals surface area contributed by atoms with Gasteiger partial charge in [0.15, 0.2) is 0 Å². The Labute approximate surface area is 102 Å². The topological polar surface area (TPSA) is 38.0 Å². The van der Waals surface area contributed by atoms with Crippen LogP contribution >= 0.6 is 0 Å². The lowest BCUT2D eigenvalue weighted by molar-refractivity contribution is 0.150. The molecular weight excluding hydrogens is 212 g/mol. The van der Waals surface area contributed by atoms with Crippen molar-refractivity contribution in [2.75, 3.05) is 0 Å². The number of benzene rings is 1. The molecule has 1 atom stereocenters. The van der Waals surface area contributed by atoms with Crippen LogP contribution in [0.15, 0.2) is 30.6 Å². The smallest absolute Gasteiger partial charge is 0.0990 e. The third-order valence-electron chi connectivity index (χ3n) is 2.99. The summed E-state index contributed by atoms with van der Waals surface area (Å²) in [4.78, 5) is 0. The lowest BCUT2D eigenvalue weighted by atomic mass is 9.95. The highest BCUT2D eigenvalue weighted by molar-refractivity contribution is 5.38. The van der Waals surface area contributed by atoms with Gasteiger partial charge in [-0.2, -0.15) is 5.10 Å². The Morgan fingerprint density at radius 1 is 1.24 bits per heavy atom. The number of aliphatic hydroxyl groups is 1. The van der Waals surface area contributed by atoms with Gasteiger partial charge in [0.25, 0.3) is 0 Å². The van der Waals surface area contributed by atoms with Crippen molar-refractivity contribution < 1.29 is 5.11 Å². The van der Waals surface area contributed by atoms with Gasteiger partial charge in [-0.15, -0.1) is 0 Å². The van der Waals surface area contributed by atoms with Crippen LogP contribution in [-0.4, -0.2) is 14.9 Å². The number of hydrogen-bond donors (Lipinski definition) is 1. The van der Waals surface area contributed by atoms with E-state index in [4.69, 9.17) is 0 Å². The van der Waals surface area contributed by atoms with E-state index < -0.39 is 6.10 Å². The van der Waals surface area contributed by atoms with Crippen LogP contribution in [0.2, 0.25) is 0 Å². The molecule has 0 aliphatic rings. The lowest BCUT2D eigenvalue weighted by Gasteiger charge is -2.17. The van der Waals surface area contributed by atoms with Crippen molar-refractivity contribution in [3.8, 4) is 0 Å². The van der Waals surface area contributed by atoms with Crippen LogP contribution < -0.4 is 0 Å². The van der Waals surface area contributed by atoms with Crippen LogP contribution in [0.4, 0.5) is 0 Å². The van der Waals surface area contributed by atoms with Crippen LogP contribution in [0, 0.1) is 20.8 Å². The molecule has 0 fully saturated rings. The Balaban J connectivity index is 2.27. The molecule has 1 N–H and O–H groups in total. The van der Waals surface area contributed by atoms with Crippen molar-refractivity contribution in [1.82, 2.24) is 9.78 Å². The molecule has 3 nitrogen and oxygen atoms in total. The first kappa shape index (κ1) is 11.9. The van der Waals surface area contributed by atoms with Crippen molar-refractivity contribution >= 4 is 0 Å². The number of nitrogens with zero attached hydrogens (tertiary/aromatic N) is 2. The fourth-order valence-corrected chi connectivity index (χ4v) is 2.39. The zero-order valence-corrected chi connectivity index (χ0v) is 10.5. The first-order valence-corrected chi connectivity index (χ1v) is 5.81. The molecule has 90 valence electrons. The summed E-state index contributed by atoms with van der Waals surface area (Å²) < 4.78 is 1.75. The van der Waals surface area contributed by atoms with E-state index >= 15 is 0 Å². The molecule has 3 heteroatoms. The summed E-state index contributed by atoms with van der Waals surface area (Å²) in [5, 5.41) is 14.4. The van der Waals surface area contributed by atoms with Crippen LogP contribution in [0.1, 0.15) is 28.4 Å². The van der Waals surface area contributed by atoms with Gasteiger partial charge >= 0.3 is 0 Å². The minimum absolute atomic E-state index is 0.498. The van der Waals surface area contributed by atoms with E-state index in [-0.39, 0.29) is 0 Å². The average Bonchev–Trinajstić information content (AvgIpc) is 2.68. The standard InChI is InChI=1S/C14H18N2O/c1-10-7-11(2)14(12(3)8-10)13(17)9-16-6-4-5-15-16/h4-8,13,17H,9H2,1-3H3. The first-order chi connectivity index (χ1) is 8.08. The fraction of sp³-hybridized carbons (Fsp3) is 0.357. The van der Waals surface area contributed by atoms with Crippen LogP contribution in [0.5, 0.6) is 0 Å². The Morgan fingerprint density at radius 3 is 2.41 bits per heavy atom. The van der Waals surface area contributed by atoms with Gasteiger partial charge in [0.2, 0.25) is 0 Å². The molecule has 2 aromatic rings. The Kier molecular flexibility index (Phi) is 3.29. The number of hydrogen-bond acceptors (Lipinski definition) is 2. The maximum Gasteiger partial charge on any atom is 0.0990 e. The molecule has 0 radical (unpaired) electrons. The molecule has 1 unspecified atom stereocenters. The molecule has 1 aromatic carbocycles. The van der Waals surface area contributed by atoms with Gasteiger partial charge in [-0.25, -0.2) is 0 Å². The Hall–Kier alpha value is -1.61. The van der Waals surface area contributed by atoms with Crippen molar-refractivity contribution in [1.29, 1.82) is 0 Å². The highest BCUT2D eigenvalue weighted by Crippen LogP contribution is 2.24. The van der Waals surface area contributed by atoms with Crippen LogP contribution in [-0.2, 0) is 6.54 Å². The van der Waals surface area contributed by atoms with Gasteiger partial charge in [-0.3, -0.25) is 4.68 Å². The fourth-order valence-electron chi connectivity index (χ4n) is 2.39. The van der Waals surface area contributed by atoms with Gasteiger partial charge in [-0.05, 0) is 43.5 Å². The molecule has 2 rings (SSSR count). The SMILES string of the molecule is Cc1cc(C)c(C(O)Cn2cccn2)c(C)c1. The lowest BCUT2D eigenvalue weighted by Crippen LogP contribution is -2.11. The minimum atomic E-state index is -0.504. The normalized spacial score (nSPS) is 12.7. The van der Waals surface area contributed by atoms with E-state index in [0.717, 1.165) is 16.7 Å². The third kappa shape index (κ3) is 2.56. The van der Waals surface area contributed by atoms with Crippen molar-refractivity contribution in [3.05, 3.63) is 52.8 Å². The summed E-state index contributed by atoms with van der Waals surface area (Å²) >= 11 is 0. The summed E-state index contributed by atoms with van der Waals surface area (Å²) in [5.74, 6) is 0. The number of aromatic nitrogens is 2. The monoisotopic (exact) mass is 230 g/mol. The van der Waals surface area contributed by atoms with Gasteiger partial charge in [0.05, 0.1) is 12.6 Å². The van der Waals surface area contributed by atoms with Crippen molar-refractivity contribution in [2.24, 2.45) is 0 Å². The molecule has 0 saturated heterocycles. The molecule has 0 amide bonds. The Morgan fingerprint density at radius 2 is 1.88 bits per heavy atom. The van der Waals surface area contributed by atoms with Crippen molar-refractivity contribution in [3.63, 3.8) is 0 Å². The average molecular weight is 230 g/mol. The second-order valence-corrected chi connectivity index (χ2v) is 4.56. The highest BCUT2D eigenvalue weighted by atomic mass is 16.3. The Bertz CT molecular complexity index is 480. The molecule has 1 aromatic heterocycles. The zero-order chi connectivity index (χ0) is 12.4. The molecule has 0 aliphatic carbocycles. The maximum atomic E-state index is 10.3. The van der Waals surface area contributed by atoms with E-state index in [9.17, 15) is 5.11 Å².